The van der Waals surface area contributed by atoms with Crippen LogP contribution in [0.4, 0.5) is 0 Å². The second-order valence-electron chi connectivity index (χ2n) is 3.40. The van der Waals surface area contributed by atoms with Crippen LogP contribution in [0.5, 0.6) is 0 Å². The molecule has 0 aromatic heterocycles. The molecule has 0 bridgehead atoms. The third kappa shape index (κ3) is 8.09. The molecule has 0 N–H and O–H groups in total. The average Bonchev–Trinajstić information content (AvgIpc) is 1.14. The van der Waals surface area contributed by atoms with E-state index in [1.54, 1.807) is 6.92 Å². The van der Waals surface area contributed by atoms with Crippen molar-refractivity contribution in [3.8, 4) is 0 Å². The minimum Gasteiger partial charge on any atom is -0.389 e. The second kappa shape index (κ2) is 2.37. The van der Waals surface area contributed by atoms with Crippen LogP contribution in [-0.2, 0) is 4.74 Å². The van der Waals surface area contributed by atoms with Crippen molar-refractivity contribution >= 4 is 15.7 Å². The summed E-state index contributed by atoms with van der Waals surface area (Å²) in [5, 5.41) is -1.02. The molecule has 1 nitrogen and oxygen atoms in total. The van der Waals surface area contributed by atoms with Crippen molar-refractivity contribution in [2.24, 2.45) is 0 Å². The first-order chi connectivity index (χ1) is 3.71. The SMILES string of the molecule is [B]C([B])(C)OC(C)(C)C. The summed E-state index contributed by atoms with van der Waals surface area (Å²) in [7, 11) is 10.8. The van der Waals surface area contributed by atoms with Crippen molar-refractivity contribution in [1.82, 2.24) is 0 Å². The van der Waals surface area contributed by atoms with Crippen LogP contribution in [0.15, 0.2) is 0 Å². The summed E-state index contributed by atoms with van der Waals surface area (Å²) in [6.07, 6.45) is 0. The number of hydrogen-bond acceptors (Lipinski definition) is 1. The summed E-state index contributed by atoms with van der Waals surface area (Å²) in [6, 6.07) is 0. The molecule has 0 rings (SSSR count). The quantitative estimate of drug-likeness (QED) is 0.467. The summed E-state index contributed by atoms with van der Waals surface area (Å²) in [5.74, 6) is 0. The minimum absolute atomic E-state index is 0.266. The maximum Gasteiger partial charge on any atom is 0.0989 e. The minimum atomic E-state index is -1.02. The molecule has 0 saturated heterocycles. The van der Waals surface area contributed by atoms with E-state index in [0.717, 1.165) is 0 Å². The predicted molar refractivity (Wildman–Crippen MR) is 40.8 cm³/mol. The van der Waals surface area contributed by atoms with Crippen LogP contribution in [0.25, 0.3) is 0 Å². The van der Waals surface area contributed by atoms with Crippen LogP contribution >= 0.6 is 0 Å². The molecule has 0 aliphatic heterocycles. The summed E-state index contributed by atoms with van der Waals surface area (Å²) in [4.78, 5) is 0. The van der Waals surface area contributed by atoms with E-state index in [0.29, 0.717) is 0 Å². The van der Waals surface area contributed by atoms with Gasteiger partial charge in [0, 0.05) is 0 Å². The molecule has 0 amide bonds. The van der Waals surface area contributed by atoms with Crippen molar-refractivity contribution in [1.29, 1.82) is 0 Å². The fraction of sp³-hybridized carbons (Fsp3) is 1.00. The molecule has 0 atom stereocenters. The maximum atomic E-state index is 5.38. The molecule has 0 heterocycles. The van der Waals surface area contributed by atoms with Crippen molar-refractivity contribution in [3.63, 3.8) is 0 Å². The van der Waals surface area contributed by atoms with Gasteiger partial charge in [0.05, 0.1) is 21.3 Å². The van der Waals surface area contributed by atoms with E-state index in [9.17, 15) is 0 Å². The fourth-order valence-corrected chi connectivity index (χ4v) is 0.660. The highest BCUT2D eigenvalue weighted by molar-refractivity contribution is 6.38. The van der Waals surface area contributed by atoms with Crippen molar-refractivity contribution in [2.75, 3.05) is 0 Å². The van der Waals surface area contributed by atoms with Gasteiger partial charge in [-0.2, -0.15) is 0 Å². The van der Waals surface area contributed by atoms with Crippen LogP contribution in [-0.4, -0.2) is 26.7 Å². The highest BCUT2D eigenvalue weighted by Gasteiger charge is 2.19. The van der Waals surface area contributed by atoms with Gasteiger partial charge in [-0.1, -0.05) is 6.92 Å². The average molecular weight is 122 g/mol. The van der Waals surface area contributed by atoms with Gasteiger partial charge < -0.3 is 4.74 Å². The Balaban J connectivity index is 3.75. The molecule has 0 aromatic rings. The topological polar surface area (TPSA) is 9.23 Å². The summed E-state index contributed by atoms with van der Waals surface area (Å²) in [6.45, 7) is 7.35. The van der Waals surface area contributed by atoms with Gasteiger partial charge in [-0.3, -0.25) is 0 Å². The highest BCUT2D eigenvalue weighted by atomic mass is 16.5. The second-order valence-corrected chi connectivity index (χ2v) is 3.40. The lowest BCUT2D eigenvalue weighted by Gasteiger charge is -2.31. The van der Waals surface area contributed by atoms with Gasteiger partial charge in [-0.15, -0.1) is 0 Å². The van der Waals surface area contributed by atoms with Gasteiger partial charge in [0.1, 0.15) is 0 Å². The monoisotopic (exact) mass is 122 g/mol. The molecular weight excluding hydrogens is 110 g/mol. The third-order valence-corrected chi connectivity index (χ3v) is 0.526. The van der Waals surface area contributed by atoms with Crippen molar-refractivity contribution in [2.45, 2.75) is 38.7 Å². The van der Waals surface area contributed by atoms with Gasteiger partial charge in [-0.25, -0.2) is 0 Å². The highest BCUT2D eigenvalue weighted by Crippen LogP contribution is 2.13. The normalized spacial score (nSPS) is 13.8. The van der Waals surface area contributed by atoms with Gasteiger partial charge in [0.15, 0.2) is 0 Å². The van der Waals surface area contributed by atoms with Gasteiger partial charge >= 0.3 is 0 Å². The lowest BCUT2D eigenvalue weighted by Crippen LogP contribution is -2.38. The molecule has 0 spiro atoms. The lowest BCUT2D eigenvalue weighted by atomic mass is 9.66. The van der Waals surface area contributed by atoms with E-state index in [1.807, 2.05) is 20.8 Å². The van der Waals surface area contributed by atoms with E-state index in [4.69, 9.17) is 20.4 Å². The molecule has 48 valence electrons. The number of hydrogen-bond donors (Lipinski definition) is 0. The standard InChI is InChI=1S/C6H12B2O/c1-5(2,3)9-6(4,7)8/h1-4H3. The molecular formula is C6H12B2O. The third-order valence-electron chi connectivity index (χ3n) is 0.526. The predicted octanol–water partition coefficient (Wildman–Crippen LogP) is 0.812. The largest absolute Gasteiger partial charge is 0.389 e. The first-order valence-corrected chi connectivity index (χ1v) is 2.99. The Bertz CT molecular complexity index is 76.2. The zero-order valence-electron chi connectivity index (χ0n) is 6.56. The fourth-order valence-electron chi connectivity index (χ4n) is 0.660. The lowest BCUT2D eigenvalue weighted by molar-refractivity contribution is -0.0361. The Morgan fingerprint density at radius 3 is 1.33 bits per heavy atom. The smallest absolute Gasteiger partial charge is 0.0989 e. The van der Waals surface area contributed by atoms with E-state index in [2.05, 4.69) is 0 Å². The Kier molecular flexibility index (Phi) is 2.40. The Morgan fingerprint density at radius 2 is 1.33 bits per heavy atom. The van der Waals surface area contributed by atoms with Crippen LogP contribution < -0.4 is 0 Å². The van der Waals surface area contributed by atoms with Crippen LogP contribution in [0, 0.1) is 0 Å². The van der Waals surface area contributed by atoms with Crippen LogP contribution in [0.3, 0.4) is 0 Å². The zero-order valence-corrected chi connectivity index (χ0v) is 6.56. The molecule has 0 unspecified atom stereocenters. The number of ether oxygens (including phenoxy) is 1. The molecule has 0 aromatic carbocycles. The van der Waals surface area contributed by atoms with Crippen molar-refractivity contribution in [3.05, 3.63) is 0 Å². The number of rotatable bonds is 1. The molecule has 4 radical (unpaired) electrons. The van der Waals surface area contributed by atoms with Gasteiger partial charge in [0.2, 0.25) is 0 Å². The molecule has 9 heavy (non-hydrogen) atoms. The van der Waals surface area contributed by atoms with Gasteiger partial charge in [-0.05, 0) is 26.2 Å². The molecule has 3 heteroatoms. The zero-order chi connectivity index (χ0) is 7.71. The van der Waals surface area contributed by atoms with E-state index in [-0.39, 0.29) is 5.60 Å². The maximum absolute atomic E-state index is 5.38. The summed E-state index contributed by atoms with van der Waals surface area (Å²) >= 11 is 0. The molecule has 0 saturated carbocycles. The Hall–Kier alpha value is 0.0899. The molecule has 0 aliphatic carbocycles. The van der Waals surface area contributed by atoms with Crippen LogP contribution in [0.2, 0.25) is 0 Å². The van der Waals surface area contributed by atoms with Crippen molar-refractivity contribution < 1.29 is 4.74 Å². The van der Waals surface area contributed by atoms with E-state index < -0.39 is 5.40 Å². The first-order valence-electron chi connectivity index (χ1n) is 2.99. The Morgan fingerprint density at radius 1 is 1.00 bits per heavy atom. The summed E-state index contributed by atoms with van der Waals surface area (Å²) in [5.41, 5.74) is -0.266. The van der Waals surface area contributed by atoms with E-state index in [1.165, 1.54) is 0 Å². The molecule has 0 fully saturated rings. The first kappa shape index (κ1) is 9.09. The summed E-state index contributed by atoms with van der Waals surface area (Å²) < 4.78 is 5.18. The Labute approximate surface area is 60.0 Å². The van der Waals surface area contributed by atoms with E-state index >= 15 is 0 Å². The van der Waals surface area contributed by atoms with Gasteiger partial charge in [0.25, 0.3) is 0 Å². The molecule has 0 aliphatic rings. The van der Waals surface area contributed by atoms with Crippen LogP contribution in [0.1, 0.15) is 27.7 Å².